The van der Waals surface area contributed by atoms with Crippen molar-refractivity contribution in [2.75, 3.05) is 0 Å². The first-order valence-corrected chi connectivity index (χ1v) is 5.90. The maximum atomic E-state index is 11.0. The Hall–Kier alpha value is 0.550. The fourth-order valence-electron chi connectivity index (χ4n) is 0.874. The fourth-order valence-corrected chi connectivity index (χ4v) is 1.75. The molecule has 0 spiro atoms. The molecule has 0 heterocycles. The van der Waals surface area contributed by atoms with Gasteiger partial charge in [0, 0.05) is 11.2 Å². The third kappa shape index (κ3) is 3.65. The summed E-state index contributed by atoms with van der Waals surface area (Å²) in [7, 11) is -3.21. The molecule has 0 aliphatic heterocycles. The molecule has 2 nitrogen and oxygen atoms in total. The second-order valence-electron chi connectivity index (χ2n) is 2.72. The van der Waals surface area contributed by atoms with Gasteiger partial charge in [-0.25, -0.2) is 4.21 Å². The summed E-state index contributed by atoms with van der Waals surface area (Å²) in [5.41, 5.74) is 2.08. The van der Waals surface area contributed by atoms with Gasteiger partial charge in [0.2, 0.25) is 0 Å². The third-order valence-corrected chi connectivity index (χ3v) is 3.20. The van der Waals surface area contributed by atoms with Crippen molar-refractivity contribution in [1.29, 1.82) is 0 Å². The monoisotopic (exact) mass is 226 g/mol. The average molecular weight is 226 g/mol. The number of rotatable bonds is 1. The second kappa shape index (κ2) is 4.87. The molecule has 1 unspecified atom stereocenters. The van der Waals surface area contributed by atoms with Crippen LogP contribution in [-0.2, 0) is 20.0 Å². The Morgan fingerprint density at radius 2 is 1.92 bits per heavy atom. The van der Waals surface area contributed by atoms with E-state index >= 15 is 0 Å². The predicted molar refractivity (Wildman–Crippen MR) is 53.4 cm³/mol. The van der Waals surface area contributed by atoms with Gasteiger partial charge in [-0.15, -0.1) is 0 Å². The first-order chi connectivity index (χ1) is 5.41. The van der Waals surface area contributed by atoms with Gasteiger partial charge >= 0.3 is 29.6 Å². The Labute approximate surface area is 107 Å². The molecule has 13 heavy (non-hydrogen) atoms. The van der Waals surface area contributed by atoms with E-state index in [0.717, 1.165) is 11.1 Å². The molecule has 68 valence electrons. The van der Waals surface area contributed by atoms with E-state index in [-0.39, 0.29) is 31.0 Å². The molecule has 1 rings (SSSR count). The van der Waals surface area contributed by atoms with Crippen molar-refractivity contribution < 1.29 is 39.7 Å². The first-order valence-electron chi connectivity index (χ1n) is 3.46. The maximum Gasteiger partial charge on any atom is 1.00 e. The van der Waals surface area contributed by atoms with E-state index in [1.165, 1.54) is 0 Å². The largest absolute Gasteiger partial charge is 1.00 e. The standard InChI is InChI=1S/C8H10O2S2.Na.H/c1-6-3-4-8(5-7(6)2)12(9,10)11;;/h3-5H,1-2H3,(H,9,10,11);;/q;+1;-1. The van der Waals surface area contributed by atoms with Gasteiger partial charge in [0.15, 0.2) is 8.77 Å². The van der Waals surface area contributed by atoms with Gasteiger partial charge < -0.3 is 5.98 Å². The summed E-state index contributed by atoms with van der Waals surface area (Å²) >= 11 is 4.44. The molecule has 0 saturated heterocycles. The van der Waals surface area contributed by atoms with Crippen LogP contribution in [0.15, 0.2) is 23.1 Å². The van der Waals surface area contributed by atoms with Crippen LogP contribution >= 0.6 is 0 Å². The van der Waals surface area contributed by atoms with Crippen molar-refractivity contribution in [2.45, 2.75) is 18.7 Å². The van der Waals surface area contributed by atoms with Gasteiger partial charge in [0.1, 0.15) is 0 Å². The molecule has 1 atom stereocenters. The minimum atomic E-state index is -3.21. The van der Waals surface area contributed by atoms with Crippen LogP contribution in [0.4, 0.5) is 0 Å². The quantitative estimate of drug-likeness (QED) is 0.624. The van der Waals surface area contributed by atoms with Crippen LogP contribution < -0.4 is 29.6 Å². The van der Waals surface area contributed by atoms with E-state index in [4.69, 9.17) is 4.55 Å². The molecule has 0 fully saturated rings. The molecular weight excluding hydrogens is 215 g/mol. The zero-order valence-electron chi connectivity index (χ0n) is 8.90. The van der Waals surface area contributed by atoms with Crippen molar-refractivity contribution >= 4 is 20.0 Å². The normalized spacial score (nSPS) is 14.4. The first kappa shape index (κ1) is 13.5. The molecule has 0 saturated carbocycles. The smallest absolute Gasteiger partial charge is 1.00 e. The summed E-state index contributed by atoms with van der Waals surface area (Å²) in [6.07, 6.45) is 0. The zero-order chi connectivity index (χ0) is 9.35. The van der Waals surface area contributed by atoms with Gasteiger partial charge in [0.25, 0.3) is 0 Å². The number of hydrogen-bond donors (Lipinski definition) is 1. The molecule has 0 aromatic heterocycles. The van der Waals surface area contributed by atoms with Crippen molar-refractivity contribution in [3.05, 3.63) is 29.3 Å². The number of hydrogen-bond acceptors (Lipinski definition) is 2. The summed E-state index contributed by atoms with van der Waals surface area (Å²) in [5.74, 6) is 0. The zero-order valence-corrected chi connectivity index (χ0v) is 11.5. The third-order valence-electron chi connectivity index (χ3n) is 1.78. The van der Waals surface area contributed by atoms with Crippen LogP contribution in [0.2, 0.25) is 0 Å². The minimum absolute atomic E-state index is 0. The van der Waals surface area contributed by atoms with Gasteiger partial charge in [0.05, 0.1) is 4.90 Å². The van der Waals surface area contributed by atoms with E-state index in [2.05, 4.69) is 11.2 Å². The Balaban J connectivity index is 0. The van der Waals surface area contributed by atoms with Gasteiger partial charge in [-0.2, -0.15) is 0 Å². The summed E-state index contributed by atoms with van der Waals surface area (Å²) in [6.45, 7) is 3.83. The molecule has 0 amide bonds. The molecule has 0 aliphatic rings. The topological polar surface area (TPSA) is 37.3 Å². The van der Waals surface area contributed by atoms with E-state index < -0.39 is 8.77 Å². The Bertz CT molecular complexity index is 404. The van der Waals surface area contributed by atoms with Crippen LogP contribution in [0, 0.1) is 13.8 Å². The summed E-state index contributed by atoms with van der Waals surface area (Å²) in [4.78, 5) is 0.320. The number of benzene rings is 1. The molecule has 0 radical (unpaired) electrons. The molecule has 1 aromatic rings. The molecule has 5 heteroatoms. The Kier molecular flexibility index (Phi) is 5.07. The van der Waals surface area contributed by atoms with Crippen molar-refractivity contribution in [3.8, 4) is 0 Å². The van der Waals surface area contributed by atoms with Gasteiger partial charge in [-0.05, 0) is 37.1 Å². The van der Waals surface area contributed by atoms with E-state index in [1.54, 1.807) is 18.2 Å². The van der Waals surface area contributed by atoms with E-state index in [9.17, 15) is 4.21 Å². The second-order valence-corrected chi connectivity index (χ2v) is 5.50. The van der Waals surface area contributed by atoms with Crippen molar-refractivity contribution in [2.24, 2.45) is 0 Å². The van der Waals surface area contributed by atoms with Crippen LogP contribution in [0.3, 0.4) is 0 Å². The van der Waals surface area contributed by atoms with Crippen LogP contribution in [0.25, 0.3) is 0 Å². The van der Waals surface area contributed by atoms with Gasteiger partial charge in [-0.1, -0.05) is 6.07 Å². The summed E-state index contributed by atoms with van der Waals surface area (Å²) in [5, 5.41) is 0. The van der Waals surface area contributed by atoms with Crippen LogP contribution in [0.1, 0.15) is 12.6 Å². The fraction of sp³-hybridized carbons (Fsp3) is 0.250. The SMILES string of the molecule is Cc1ccc(S(=O)(O)=S)cc1C.[H-].[Na+]. The molecule has 0 aliphatic carbocycles. The molecule has 0 bridgehead atoms. The molecular formula is C8H11NaO2S2. The minimum Gasteiger partial charge on any atom is -1.00 e. The Morgan fingerprint density at radius 3 is 2.31 bits per heavy atom. The molecule has 1 aromatic carbocycles. The van der Waals surface area contributed by atoms with Crippen LogP contribution in [-0.4, -0.2) is 8.76 Å². The van der Waals surface area contributed by atoms with Crippen molar-refractivity contribution in [3.63, 3.8) is 0 Å². The van der Waals surface area contributed by atoms with Gasteiger partial charge in [-0.3, -0.25) is 0 Å². The average Bonchev–Trinajstić information content (AvgIpc) is 1.92. The van der Waals surface area contributed by atoms with Crippen molar-refractivity contribution in [1.82, 2.24) is 0 Å². The summed E-state index contributed by atoms with van der Waals surface area (Å²) < 4.78 is 20.1. The maximum absolute atomic E-state index is 11.0. The number of aryl methyl sites for hydroxylation is 2. The predicted octanol–water partition coefficient (Wildman–Crippen LogP) is -1.00. The van der Waals surface area contributed by atoms with E-state index in [1.807, 2.05) is 13.8 Å². The Morgan fingerprint density at radius 1 is 1.38 bits per heavy atom. The van der Waals surface area contributed by atoms with Crippen LogP contribution in [0.5, 0.6) is 0 Å². The summed E-state index contributed by atoms with van der Waals surface area (Å²) in [6, 6.07) is 5.05. The molecule has 1 N–H and O–H groups in total. The van der Waals surface area contributed by atoms with E-state index in [0.29, 0.717) is 4.90 Å².